The van der Waals surface area contributed by atoms with Crippen LogP contribution < -0.4 is 5.32 Å². The van der Waals surface area contributed by atoms with Gasteiger partial charge in [-0.15, -0.1) is 0 Å². The second-order valence-electron chi connectivity index (χ2n) is 3.12. The molecular formula is C11H14FNO2. The summed E-state index contributed by atoms with van der Waals surface area (Å²) in [5, 5.41) is 3.02. The third kappa shape index (κ3) is 4.44. The van der Waals surface area contributed by atoms with Gasteiger partial charge in [-0.05, 0) is 24.6 Å². The predicted molar refractivity (Wildman–Crippen MR) is 56.1 cm³/mol. The molecule has 82 valence electrons. The molecule has 0 aliphatic carbocycles. The summed E-state index contributed by atoms with van der Waals surface area (Å²) in [6.07, 6.45) is 1.04. The Morgan fingerprint density at radius 1 is 1.53 bits per heavy atom. The van der Waals surface area contributed by atoms with Gasteiger partial charge in [0.15, 0.2) is 0 Å². The summed E-state index contributed by atoms with van der Waals surface area (Å²) in [6.45, 7) is 0.624. The van der Waals surface area contributed by atoms with Crippen LogP contribution in [-0.4, -0.2) is 19.6 Å². The first-order valence-corrected chi connectivity index (χ1v) is 4.78. The molecule has 1 N–H and O–H groups in total. The van der Waals surface area contributed by atoms with E-state index in [0.29, 0.717) is 19.4 Å². The number of anilines is 1. The molecule has 0 atom stereocenters. The highest BCUT2D eigenvalue weighted by Crippen LogP contribution is 2.08. The molecule has 1 aromatic rings. The Morgan fingerprint density at radius 3 is 3.00 bits per heavy atom. The van der Waals surface area contributed by atoms with Crippen LogP contribution in [0.4, 0.5) is 10.1 Å². The van der Waals surface area contributed by atoms with Crippen molar-refractivity contribution in [2.75, 3.05) is 19.0 Å². The summed E-state index contributed by atoms with van der Waals surface area (Å²) in [4.78, 5) is 10.8. The minimum absolute atomic E-state index is 0.226. The van der Waals surface area contributed by atoms with E-state index in [1.165, 1.54) is 19.2 Å². The summed E-state index contributed by atoms with van der Waals surface area (Å²) in [5.41, 5.74) is 0.722. The van der Waals surface area contributed by atoms with E-state index in [4.69, 9.17) is 0 Å². The maximum absolute atomic E-state index is 12.7. The highest BCUT2D eigenvalue weighted by atomic mass is 19.1. The van der Waals surface area contributed by atoms with Gasteiger partial charge in [0.2, 0.25) is 0 Å². The standard InChI is InChI=1S/C11H14FNO2/c1-15-11(14)6-3-7-13-10-5-2-4-9(12)8-10/h2,4-5,8,13H,3,6-7H2,1H3. The van der Waals surface area contributed by atoms with E-state index in [9.17, 15) is 9.18 Å². The minimum atomic E-state index is -0.270. The molecule has 1 aromatic carbocycles. The van der Waals surface area contributed by atoms with Crippen molar-refractivity contribution in [2.45, 2.75) is 12.8 Å². The Bertz CT molecular complexity index is 328. The second-order valence-corrected chi connectivity index (χ2v) is 3.12. The molecule has 0 aliphatic rings. The number of benzene rings is 1. The van der Waals surface area contributed by atoms with Gasteiger partial charge in [-0.2, -0.15) is 0 Å². The van der Waals surface area contributed by atoms with Gasteiger partial charge in [0.05, 0.1) is 7.11 Å². The molecule has 4 heteroatoms. The van der Waals surface area contributed by atoms with Crippen molar-refractivity contribution in [1.29, 1.82) is 0 Å². The zero-order chi connectivity index (χ0) is 11.1. The predicted octanol–water partition coefficient (Wildman–Crippen LogP) is 2.19. The minimum Gasteiger partial charge on any atom is -0.469 e. The molecule has 3 nitrogen and oxygen atoms in total. The van der Waals surface area contributed by atoms with E-state index in [1.54, 1.807) is 12.1 Å². The molecule has 1 rings (SSSR count). The number of esters is 1. The number of hydrogen-bond acceptors (Lipinski definition) is 3. The molecule has 0 fully saturated rings. The van der Waals surface area contributed by atoms with Crippen LogP contribution in [0.3, 0.4) is 0 Å². The highest BCUT2D eigenvalue weighted by Gasteiger charge is 1.99. The molecule has 0 bridgehead atoms. The summed E-state index contributed by atoms with van der Waals surface area (Å²) in [7, 11) is 1.36. The lowest BCUT2D eigenvalue weighted by Gasteiger charge is -2.05. The Balaban J connectivity index is 2.23. The Hall–Kier alpha value is -1.58. The Kier molecular flexibility index (Phi) is 4.60. The van der Waals surface area contributed by atoms with Crippen molar-refractivity contribution < 1.29 is 13.9 Å². The van der Waals surface area contributed by atoms with Crippen molar-refractivity contribution in [1.82, 2.24) is 0 Å². The number of carbonyl (C=O) groups is 1. The number of methoxy groups -OCH3 is 1. The lowest BCUT2D eigenvalue weighted by molar-refractivity contribution is -0.140. The van der Waals surface area contributed by atoms with Crippen molar-refractivity contribution in [3.63, 3.8) is 0 Å². The van der Waals surface area contributed by atoms with Gasteiger partial charge in [-0.1, -0.05) is 6.07 Å². The Morgan fingerprint density at radius 2 is 2.33 bits per heavy atom. The summed E-state index contributed by atoms with van der Waals surface area (Å²) < 4.78 is 17.2. The molecule has 0 heterocycles. The van der Waals surface area contributed by atoms with Crippen LogP contribution in [0.5, 0.6) is 0 Å². The molecule has 0 unspecified atom stereocenters. The molecule has 0 amide bonds. The van der Waals surface area contributed by atoms with Gasteiger partial charge in [-0.3, -0.25) is 4.79 Å². The summed E-state index contributed by atoms with van der Waals surface area (Å²) >= 11 is 0. The average Bonchev–Trinajstić information content (AvgIpc) is 2.24. The summed E-state index contributed by atoms with van der Waals surface area (Å²) in [6, 6.07) is 6.22. The van der Waals surface area contributed by atoms with Crippen molar-refractivity contribution in [2.24, 2.45) is 0 Å². The number of nitrogens with one attached hydrogen (secondary N) is 1. The zero-order valence-electron chi connectivity index (χ0n) is 8.63. The van der Waals surface area contributed by atoms with Gasteiger partial charge < -0.3 is 10.1 Å². The third-order valence-corrected chi connectivity index (χ3v) is 1.94. The summed E-state index contributed by atoms with van der Waals surface area (Å²) in [5.74, 6) is -0.496. The fourth-order valence-electron chi connectivity index (χ4n) is 1.17. The Labute approximate surface area is 88.2 Å². The quantitative estimate of drug-likeness (QED) is 0.599. The van der Waals surface area contributed by atoms with Crippen LogP contribution in [0.1, 0.15) is 12.8 Å². The van der Waals surface area contributed by atoms with E-state index in [0.717, 1.165) is 5.69 Å². The molecule has 0 aliphatic heterocycles. The molecule has 0 saturated carbocycles. The second kappa shape index (κ2) is 6.01. The first-order chi connectivity index (χ1) is 7.22. The van der Waals surface area contributed by atoms with Crippen LogP contribution in [0.25, 0.3) is 0 Å². The number of rotatable bonds is 5. The van der Waals surface area contributed by atoms with Gasteiger partial charge in [0, 0.05) is 18.7 Å². The van der Waals surface area contributed by atoms with E-state index in [2.05, 4.69) is 10.1 Å². The van der Waals surface area contributed by atoms with Crippen molar-refractivity contribution >= 4 is 11.7 Å². The fraction of sp³-hybridized carbons (Fsp3) is 0.364. The molecule has 0 spiro atoms. The number of carbonyl (C=O) groups excluding carboxylic acids is 1. The van der Waals surface area contributed by atoms with Crippen LogP contribution in [0, 0.1) is 5.82 Å². The smallest absolute Gasteiger partial charge is 0.305 e. The van der Waals surface area contributed by atoms with Crippen molar-refractivity contribution in [3.05, 3.63) is 30.1 Å². The maximum Gasteiger partial charge on any atom is 0.305 e. The lowest BCUT2D eigenvalue weighted by atomic mass is 10.3. The van der Waals surface area contributed by atoms with E-state index in [1.807, 2.05) is 0 Å². The maximum atomic E-state index is 12.7. The third-order valence-electron chi connectivity index (χ3n) is 1.94. The van der Waals surface area contributed by atoms with Gasteiger partial charge in [0.25, 0.3) is 0 Å². The fourth-order valence-corrected chi connectivity index (χ4v) is 1.17. The van der Waals surface area contributed by atoms with Gasteiger partial charge >= 0.3 is 5.97 Å². The number of hydrogen-bond donors (Lipinski definition) is 1. The van der Waals surface area contributed by atoms with Gasteiger partial charge in [-0.25, -0.2) is 4.39 Å². The van der Waals surface area contributed by atoms with Crippen molar-refractivity contribution in [3.8, 4) is 0 Å². The monoisotopic (exact) mass is 211 g/mol. The lowest BCUT2D eigenvalue weighted by Crippen LogP contribution is -2.06. The molecule has 15 heavy (non-hydrogen) atoms. The van der Waals surface area contributed by atoms with E-state index < -0.39 is 0 Å². The van der Waals surface area contributed by atoms with E-state index >= 15 is 0 Å². The molecular weight excluding hydrogens is 197 g/mol. The number of ether oxygens (including phenoxy) is 1. The molecule has 0 radical (unpaired) electrons. The topological polar surface area (TPSA) is 38.3 Å². The first-order valence-electron chi connectivity index (χ1n) is 4.78. The van der Waals surface area contributed by atoms with E-state index in [-0.39, 0.29) is 11.8 Å². The zero-order valence-corrected chi connectivity index (χ0v) is 8.63. The molecule has 0 saturated heterocycles. The molecule has 0 aromatic heterocycles. The highest BCUT2D eigenvalue weighted by molar-refractivity contribution is 5.69. The largest absolute Gasteiger partial charge is 0.469 e. The first kappa shape index (κ1) is 11.5. The van der Waals surface area contributed by atoms with Crippen LogP contribution >= 0.6 is 0 Å². The average molecular weight is 211 g/mol. The number of halogens is 1. The van der Waals surface area contributed by atoms with Crippen LogP contribution in [0.15, 0.2) is 24.3 Å². The SMILES string of the molecule is COC(=O)CCCNc1cccc(F)c1. The van der Waals surface area contributed by atoms with Gasteiger partial charge in [0.1, 0.15) is 5.82 Å². The van der Waals surface area contributed by atoms with Crippen LogP contribution in [0.2, 0.25) is 0 Å². The normalized spacial score (nSPS) is 9.73. The van der Waals surface area contributed by atoms with Crippen LogP contribution in [-0.2, 0) is 9.53 Å².